The van der Waals surface area contributed by atoms with Gasteiger partial charge in [-0.1, -0.05) is 59.3 Å². The van der Waals surface area contributed by atoms with Crippen molar-refractivity contribution in [2.45, 2.75) is 72.1 Å². The normalized spacial score (nSPS) is 14.7. The molecule has 0 aliphatic rings. The zero-order chi connectivity index (χ0) is 12.4. The number of aliphatic carboxylic acids is 1. The molecule has 0 bridgehead atoms. The Morgan fingerprint density at radius 3 is 2.19 bits per heavy atom. The molecule has 0 aliphatic carbocycles. The van der Waals surface area contributed by atoms with Gasteiger partial charge >= 0.3 is 5.97 Å². The Kier molecular flexibility index (Phi) is 9.36. The van der Waals surface area contributed by atoms with Crippen LogP contribution >= 0.6 is 0 Å². The van der Waals surface area contributed by atoms with Crippen molar-refractivity contribution < 1.29 is 9.90 Å². The first-order valence-corrected chi connectivity index (χ1v) is 6.80. The van der Waals surface area contributed by atoms with Gasteiger partial charge in [-0.05, 0) is 18.8 Å². The summed E-state index contributed by atoms with van der Waals surface area (Å²) in [6.07, 6.45) is 9.79. The molecule has 0 aromatic carbocycles. The molecule has 0 fully saturated rings. The molecular weight excluding hydrogens is 200 g/mol. The highest BCUT2D eigenvalue weighted by Gasteiger charge is 2.12. The molecule has 0 aliphatic heterocycles. The van der Waals surface area contributed by atoms with Crippen LogP contribution in [0, 0.1) is 11.8 Å². The van der Waals surface area contributed by atoms with Gasteiger partial charge in [0.1, 0.15) is 0 Å². The first kappa shape index (κ1) is 15.5. The molecule has 2 heteroatoms. The van der Waals surface area contributed by atoms with E-state index in [0.717, 1.165) is 12.8 Å². The van der Waals surface area contributed by atoms with Gasteiger partial charge in [0.05, 0.1) is 5.92 Å². The summed E-state index contributed by atoms with van der Waals surface area (Å²) in [5.74, 6) is -0.152. The van der Waals surface area contributed by atoms with Crippen LogP contribution in [-0.4, -0.2) is 11.1 Å². The Balaban J connectivity index is 3.37. The number of rotatable bonds is 10. The van der Waals surface area contributed by atoms with Crippen molar-refractivity contribution in [3.63, 3.8) is 0 Å². The van der Waals surface area contributed by atoms with E-state index in [1.54, 1.807) is 6.92 Å². The molecule has 0 unspecified atom stereocenters. The summed E-state index contributed by atoms with van der Waals surface area (Å²) in [5.41, 5.74) is 0. The summed E-state index contributed by atoms with van der Waals surface area (Å²) >= 11 is 0. The van der Waals surface area contributed by atoms with Gasteiger partial charge in [0.25, 0.3) is 0 Å². The van der Waals surface area contributed by atoms with Crippen molar-refractivity contribution in [2.75, 3.05) is 0 Å². The van der Waals surface area contributed by atoms with Crippen molar-refractivity contribution in [1.82, 2.24) is 0 Å². The Hall–Kier alpha value is -0.530. The molecule has 0 aromatic heterocycles. The number of carboxylic acids is 1. The summed E-state index contributed by atoms with van der Waals surface area (Å²) in [6.45, 7) is 6.28. The molecule has 0 spiro atoms. The molecule has 1 N–H and O–H groups in total. The molecule has 0 aromatic rings. The SMILES string of the molecule is CCCCCCC[C@H](C)CC[C@@H](C)C(=O)O. The average Bonchev–Trinajstić information content (AvgIpc) is 2.25. The fourth-order valence-corrected chi connectivity index (χ4v) is 1.90. The van der Waals surface area contributed by atoms with Crippen LogP contribution in [0.15, 0.2) is 0 Å². The van der Waals surface area contributed by atoms with E-state index in [-0.39, 0.29) is 5.92 Å². The molecule has 96 valence electrons. The van der Waals surface area contributed by atoms with E-state index in [0.29, 0.717) is 5.92 Å². The lowest BCUT2D eigenvalue weighted by Gasteiger charge is -2.12. The highest BCUT2D eigenvalue weighted by Crippen LogP contribution is 2.18. The van der Waals surface area contributed by atoms with Crippen molar-refractivity contribution in [1.29, 1.82) is 0 Å². The monoisotopic (exact) mass is 228 g/mol. The third-order valence-electron chi connectivity index (χ3n) is 3.31. The van der Waals surface area contributed by atoms with Crippen LogP contribution in [0.2, 0.25) is 0 Å². The molecular formula is C14H28O2. The fraction of sp³-hybridized carbons (Fsp3) is 0.929. The van der Waals surface area contributed by atoms with Crippen molar-refractivity contribution in [2.24, 2.45) is 11.8 Å². The zero-order valence-corrected chi connectivity index (χ0v) is 11.2. The Labute approximate surface area is 100 Å². The topological polar surface area (TPSA) is 37.3 Å². The standard InChI is InChI=1S/C14H28O2/c1-4-5-6-7-8-9-12(2)10-11-13(3)14(15)16/h12-13H,4-11H2,1-3H3,(H,15,16)/t12-,13+/m0/s1. The van der Waals surface area contributed by atoms with Gasteiger partial charge < -0.3 is 5.11 Å². The van der Waals surface area contributed by atoms with Crippen LogP contribution in [-0.2, 0) is 4.79 Å². The van der Waals surface area contributed by atoms with Crippen molar-refractivity contribution >= 4 is 5.97 Å². The highest BCUT2D eigenvalue weighted by molar-refractivity contribution is 5.69. The van der Waals surface area contributed by atoms with E-state index in [1.165, 1.54) is 38.5 Å². The van der Waals surface area contributed by atoms with Crippen molar-refractivity contribution in [3.05, 3.63) is 0 Å². The van der Waals surface area contributed by atoms with Gasteiger partial charge in [-0.2, -0.15) is 0 Å². The third kappa shape index (κ3) is 8.75. The van der Waals surface area contributed by atoms with Gasteiger partial charge in [-0.3, -0.25) is 4.79 Å². The van der Waals surface area contributed by atoms with Crippen LogP contribution in [0.4, 0.5) is 0 Å². The van der Waals surface area contributed by atoms with Gasteiger partial charge in [0.2, 0.25) is 0 Å². The lowest BCUT2D eigenvalue weighted by molar-refractivity contribution is -0.141. The number of hydrogen-bond acceptors (Lipinski definition) is 1. The number of hydrogen-bond donors (Lipinski definition) is 1. The summed E-state index contributed by atoms with van der Waals surface area (Å²) < 4.78 is 0. The fourth-order valence-electron chi connectivity index (χ4n) is 1.90. The molecule has 0 rings (SSSR count). The van der Waals surface area contributed by atoms with E-state index in [2.05, 4.69) is 13.8 Å². The van der Waals surface area contributed by atoms with E-state index in [4.69, 9.17) is 5.11 Å². The minimum Gasteiger partial charge on any atom is -0.481 e. The first-order valence-electron chi connectivity index (χ1n) is 6.80. The average molecular weight is 228 g/mol. The maximum absolute atomic E-state index is 10.6. The van der Waals surface area contributed by atoms with E-state index >= 15 is 0 Å². The second-order valence-electron chi connectivity index (χ2n) is 5.12. The highest BCUT2D eigenvalue weighted by atomic mass is 16.4. The Morgan fingerprint density at radius 2 is 1.62 bits per heavy atom. The Bertz CT molecular complexity index is 178. The molecule has 2 atom stereocenters. The molecule has 2 nitrogen and oxygen atoms in total. The molecule has 16 heavy (non-hydrogen) atoms. The lowest BCUT2D eigenvalue weighted by Crippen LogP contribution is -2.10. The summed E-state index contributed by atoms with van der Waals surface area (Å²) in [7, 11) is 0. The van der Waals surface area contributed by atoms with Crippen LogP contribution in [0.5, 0.6) is 0 Å². The smallest absolute Gasteiger partial charge is 0.306 e. The van der Waals surface area contributed by atoms with Crippen LogP contribution in [0.25, 0.3) is 0 Å². The van der Waals surface area contributed by atoms with Gasteiger partial charge in [0.15, 0.2) is 0 Å². The predicted octanol–water partition coefficient (Wildman–Crippen LogP) is 4.48. The van der Waals surface area contributed by atoms with Crippen LogP contribution in [0.3, 0.4) is 0 Å². The zero-order valence-electron chi connectivity index (χ0n) is 11.2. The number of unbranched alkanes of at least 4 members (excludes halogenated alkanes) is 4. The quantitative estimate of drug-likeness (QED) is 0.560. The van der Waals surface area contributed by atoms with Gasteiger partial charge in [0, 0.05) is 0 Å². The van der Waals surface area contributed by atoms with E-state index < -0.39 is 5.97 Å². The summed E-state index contributed by atoms with van der Waals surface area (Å²) in [6, 6.07) is 0. The number of carbonyl (C=O) groups is 1. The van der Waals surface area contributed by atoms with E-state index in [9.17, 15) is 4.79 Å². The van der Waals surface area contributed by atoms with Crippen molar-refractivity contribution in [3.8, 4) is 0 Å². The first-order chi connectivity index (χ1) is 7.57. The third-order valence-corrected chi connectivity index (χ3v) is 3.31. The van der Waals surface area contributed by atoms with E-state index in [1.807, 2.05) is 0 Å². The summed E-state index contributed by atoms with van der Waals surface area (Å²) in [5, 5.41) is 8.77. The molecule has 0 radical (unpaired) electrons. The van der Waals surface area contributed by atoms with Crippen LogP contribution < -0.4 is 0 Å². The molecule has 0 saturated heterocycles. The summed E-state index contributed by atoms with van der Waals surface area (Å²) in [4.78, 5) is 10.6. The lowest BCUT2D eigenvalue weighted by atomic mass is 9.94. The molecule has 0 heterocycles. The second kappa shape index (κ2) is 9.68. The molecule has 0 amide bonds. The largest absolute Gasteiger partial charge is 0.481 e. The minimum atomic E-state index is -0.657. The van der Waals surface area contributed by atoms with Gasteiger partial charge in [-0.15, -0.1) is 0 Å². The maximum Gasteiger partial charge on any atom is 0.306 e. The Morgan fingerprint density at radius 1 is 1.00 bits per heavy atom. The van der Waals surface area contributed by atoms with Gasteiger partial charge in [-0.25, -0.2) is 0 Å². The van der Waals surface area contributed by atoms with Crippen LogP contribution in [0.1, 0.15) is 72.1 Å². The number of carboxylic acid groups (broad SMARTS) is 1. The minimum absolute atomic E-state index is 0.178. The maximum atomic E-state index is 10.6. The second-order valence-corrected chi connectivity index (χ2v) is 5.12. The predicted molar refractivity (Wildman–Crippen MR) is 68.6 cm³/mol. The molecule has 0 saturated carbocycles.